The first-order chi connectivity index (χ1) is 19.6. The maximum atomic E-state index is 13.7. The third kappa shape index (κ3) is 4.75. The molecule has 8 nitrogen and oxygen atoms in total. The molecule has 1 fully saturated rings. The molecule has 3 N–H and O–H groups in total. The SMILES string of the molecule is O=C(CC1CCCCC1)Nc1cncc(-c2cc3c(-c4cc5c(-c6ccc(F)s6)ccnc5[nH]4)n[nH]c3cn2)c1. The van der Waals surface area contributed by atoms with E-state index in [0.29, 0.717) is 23.7 Å². The Bertz CT molecular complexity index is 1850. The molecule has 1 aliphatic rings. The number of carbonyl (C=O) groups is 1. The Kier molecular flexibility index (Phi) is 6.31. The molecule has 200 valence electrons. The molecular formula is C30H26FN7OS. The second kappa shape index (κ2) is 10.3. The highest BCUT2D eigenvalue weighted by atomic mass is 32.1. The molecule has 6 heterocycles. The van der Waals surface area contributed by atoms with Crippen LogP contribution in [0.1, 0.15) is 38.5 Å². The largest absolute Gasteiger partial charge is 0.338 e. The fourth-order valence-electron chi connectivity index (χ4n) is 5.62. The zero-order valence-corrected chi connectivity index (χ0v) is 22.4. The van der Waals surface area contributed by atoms with E-state index in [1.54, 1.807) is 30.9 Å². The molecule has 0 radical (unpaired) electrons. The molecule has 0 unspecified atom stereocenters. The monoisotopic (exact) mass is 551 g/mol. The standard InChI is InChI=1S/C30H26FN7OS/c31-27-7-6-26(40-27)20-8-9-33-30-21(20)12-24(36-30)29-22-13-23(34-16-25(22)37-38-29)18-11-19(15-32-14-18)35-28(39)10-17-4-2-1-3-5-17/h6-9,11-17H,1-5,10H2,(H,33,36)(H,35,39)(H,37,38). The summed E-state index contributed by atoms with van der Waals surface area (Å²) in [5.41, 5.74) is 6.09. The number of pyridine rings is 3. The predicted molar refractivity (Wildman–Crippen MR) is 155 cm³/mol. The fraction of sp³-hybridized carbons (Fsp3) is 0.233. The summed E-state index contributed by atoms with van der Waals surface area (Å²) in [6, 6.07) is 11.0. The zero-order valence-electron chi connectivity index (χ0n) is 21.6. The van der Waals surface area contributed by atoms with Crippen LogP contribution in [0.5, 0.6) is 0 Å². The Morgan fingerprint density at radius 3 is 2.77 bits per heavy atom. The number of H-pyrrole nitrogens is 2. The number of carbonyl (C=O) groups excluding carboxylic acids is 1. The normalized spacial score (nSPS) is 14.2. The molecule has 10 heteroatoms. The summed E-state index contributed by atoms with van der Waals surface area (Å²) in [5.74, 6) is 0.499. The van der Waals surface area contributed by atoms with Crippen LogP contribution < -0.4 is 5.32 Å². The van der Waals surface area contributed by atoms with Gasteiger partial charge in [0.1, 0.15) is 11.3 Å². The number of amides is 1. The lowest BCUT2D eigenvalue weighted by Crippen LogP contribution is -2.18. The van der Waals surface area contributed by atoms with Gasteiger partial charge in [-0.2, -0.15) is 9.49 Å². The van der Waals surface area contributed by atoms with Crippen molar-refractivity contribution in [3.8, 4) is 33.1 Å². The molecule has 6 aromatic rings. The minimum atomic E-state index is -0.226. The van der Waals surface area contributed by atoms with Crippen molar-refractivity contribution in [2.75, 3.05) is 5.32 Å². The van der Waals surface area contributed by atoms with Crippen molar-refractivity contribution in [3.05, 3.63) is 66.3 Å². The van der Waals surface area contributed by atoms with Gasteiger partial charge in [0.2, 0.25) is 5.91 Å². The van der Waals surface area contributed by atoms with E-state index < -0.39 is 0 Å². The number of anilines is 1. The van der Waals surface area contributed by atoms with Crippen LogP contribution in [-0.4, -0.2) is 36.0 Å². The Hall–Kier alpha value is -4.44. The second-order valence-electron chi connectivity index (χ2n) is 10.3. The van der Waals surface area contributed by atoms with E-state index in [0.717, 1.165) is 73.6 Å². The molecule has 40 heavy (non-hydrogen) atoms. The van der Waals surface area contributed by atoms with Crippen LogP contribution in [-0.2, 0) is 4.79 Å². The van der Waals surface area contributed by atoms with Gasteiger partial charge in [0.15, 0.2) is 5.13 Å². The van der Waals surface area contributed by atoms with Gasteiger partial charge < -0.3 is 10.3 Å². The zero-order chi connectivity index (χ0) is 27.1. The molecule has 0 spiro atoms. The Morgan fingerprint density at radius 1 is 1.02 bits per heavy atom. The number of aromatic amines is 2. The quantitative estimate of drug-likeness (QED) is 0.200. The van der Waals surface area contributed by atoms with Gasteiger partial charge in [-0.05, 0) is 55.2 Å². The summed E-state index contributed by atoms with van der Waals surface area (Å²) in [4.78, 5) is 30.3. The third-order valence-electron chi connectivity index (χ3n) is 7.59. The summed E-state index contributed by atoms with van der Waals surface area (Å²) < 4.78 is 13.7. The molecule has 1 amide bonds. The maximum Gasteiger partial charge on any atom is 0.224 e. The number of thiophene rings is 1. The summed E-state index contributed by atoms with van der Waals surface area (Å²) >= 11 is 1.11. The van der Waals surface area contributed by atoms with Gasteiger partial charge in [-0.25, -0.2) is 4.98 Å². The van der Waals surface area contributed by atoms with Crippen molar-refractivity contribution < 1.29 is 9.18 Å². The van der Waals surface area contributed by atoms with E-state index in [1.165, 1.54) is 25.3 Å². The Balaban J connectivity index is 1.19. The molecule has 6 aromatic heterocycles. The highest BCUT2D eigenvalue weighted by Crippen LogP contribution is 2.36. The molecule has 0 aliphatic heterocycles. The van der Waals surface area contributed by atoms with Crippen molar-refractivity contribution in [1.82, 2.24) is 30.1 Å². The number of hydrogen-bond acceptors (Lipinski definition) is 6. The topological polar surface area (TPSA) is 112 Å². The van der Waals surface area contributed by atoms with Crippen LogP contribution in [0, 0.1) is 11.0 Å². The molecule has 0 bridgehead atoms. The Labute approximate surface area is 233 Å². The fourth-order valence-corrected chi connectivity index (χ4v) is 6.39. The molecule has 1 saturated carbocycles. The van der Waals surface area contributed by atoms with Gasteiger partial charge in [0, 0.05) is 45.6 Å². The number of nitrogens with one attached hydrogen (secondary N) is 3. The lowest BCUT2D eigenvalue weighted by atomic mass is 9.87. The van der Waals surface area contributed by atoms with Crippen LogP contribution in [0.15, 0.2) is 61.2 Å². The summed E-state index contributed by atoms with van der Waals surface area (Å²) in [5, 5.41) is 12.2. The van der Waals surface area contributed by atoms with Crippen LogP contribution in [0.25, 0.3) is 55.0 Å². The Morgan fingerprint density at radius 2 is 1.93 bits per heavy atom. The molecule has 0 aromatic carbocycles. The highest BCUT2D eigenvalue weighted by Gasteiger charge is 2.18. The van der Waals surface area contributed by atoms with Gasteiger partial charge in [0.25, 0.3) is 0 Å². The number of halogens is 1. The van der Waals surface area contributed by atoms with Crippen molar-refractivity contribution >= 4 is 44.9 Å². The van der Waals surface area contributed by atoms with E-state index in [4.69, 9.17) is 0 Å². The lowest BCUT2D eigenvalue weighted by Gasteiger charge is -2.20. The first-order valence-corrected chi connectivity index (χ1v) is 14.3. The van der Waals surface area contributed by atoms with Gasteiger partial charge in [-0.1, -0.05) is 19.3 Å². The number of hydrogen-bond donors (Lipinski definition) is 3. The smallest absolute Gasteiger partial charge is 0.224 e. The van der Waals surface area contributed by atoms with E-state index in [-0.39, 0.29) is 11.0 Å². The summed E-state index contributed by atoms with van der Waals surface area (Å²) in [7, 11) is 0. The lowest BCUT2D eigenvalue weighted by molar-refractivity contribution is -0.117. The summed E-state index contributed by atoms with van der Waals surface area (Å²) in [6.45, 7) is 0. The number of rotatable bonds is 6. The van der Waals surface area contributed by atoms with Crippen LogP contribution >= 0.6 is 11.3 Å². The minimum Gasteiger partial charge on any atom is -0.338 e. The van der Waals surface area contributed by atoms with Crippen molar-refractivity contribution in [2.24, 2.45) is 5.92 Å². The number of aromatic nitrogens is 6. The van der Waals surface area contributed by atoms with Gasteiger partial charge >= 0.3 is 0 Å². The van der Waals surface area contributed by atoms with Crippen molar-refractivity contribution in [2.45, 2.75) is 38.5 Å². The third-order valence-corrected chi connectivity index (χ3v) is 8.50. The van der Waals surface area contributed by atoms with Crippen molar-refractivity contribution in [1.29, 1.82) is 0 Å². The van der Waals surface area contributed by atoms with E-state index in [1.807, 2.05) is 24.3 Å². The van der Waals surface area contributed by atoms with E-state index >= 15 is 0 Å². The highest BCUT2D eigenvalue weighted by molar-refractivity contribution is 7.14. The van der Waals surface area contributed by atoms with Crippen LogP contribution in [0.4, 0.5) is 10.1 Å². The summed E-state index contributed by atoms with van der Waals surface area (Å²) in [6.07, 6.45) is 13.4. The predicted octanol–water partition coefficient (Wildman–Crippen LogP) is 7.34. The first kappa shape index (κ1) is 24.6. The minimum absolute atomic E-state index is 0.0310. The first-order valence-electron chi connectivity index (χ1n) is 13.4. The van der Waals surface area contributed by atoms with Gasteiger partial charge in [0.05, 0.1) is 35.0 Å². The van der Waals surface area contributed by atoms with Gasteiger partial charge in [-0.3, -0.25) is 19.9 Å². The average molecular weight is 552 g/mol. The number of nitrogens with zero attached hydrogens (tertiary/aromatic N) is 4. The van der Waals surface area contributed by atoms with Crippen molar-refractivity contribution in [3.63, 3.8) is 0 Å². The molecule has 1 aliphatic carbocycles. The van der Waals surface area contributed by atoms with E-state index in [9.17, 15) is 9.18 Å². The van der Waals surface area contributed by atoms with E-state index in [2.05, 4.69) is 35.5 Å². The van der Waals surface area contributed by atoms with Crippen LogP contribution in [0.2, 0.25) is 0 Å². The molecule has 0 atom stereocenters. The maximum absolute atomic E-state index is 13.7. The second-order valence-corrected chi connectivity index (χ2v) is 11.3. The average Bonchev–Trinajstić information content (AvgIpc) is 3.71. The van der Waals surface area contributed by atoms with Crippen LogP contribution in [0.3, 0.4) is 0 Å². The number of fused-ring (bicyclic) bond motifs is 2. The molecule has 7 rings (SSSR count). The molecular weight excluding hydrogens is 525 g/mol. The molecule has 0 saturated heterocycles. The van der Waals surface area contributed by atoms with Gasteiger partial charge in [-0.15, -0.1) is 11.3 Å².